The standard InChI is InChI=1S/C25H18N2O3S2/c28-23-15-30-21-10-9-16(13-22-24(29)26-25(31)32-22)12-20(21)27(23)14-17-5-4-8-19(11-17)18-6-2-1-3-7-18/h1-13H,14-15H2,(H,26,29,31). The highest BCUT2D eigenvalue weighted by molar-refractivity contribution is 8.26. The van der Waals surface area contributed by atoms with Gasteiger partial charge in [-0.25, -0.2) is 0 Å². The number of fused-ring (bicyclic) bond motifs is 1. The summed E-state index contributed by atoms with van der Waals surface area (Å²) in [7, 11) is 0. The van der Waals surface area contributed by atoms with Gasteiger partial charge in [-0.15, -0.1) is 0 Å². The first-order valence-electron chi connectivity index (χ1n) is 10.0. The molecule has 1 fully saturated rings. The van der Waals surface area contributed by atoms with E-state index in [1.54, 1.807) is 11.0 Å². The van der Waals surface area contributed by atoms with Gasteiger partial charge in [0.1, 0.15) is 10.1 Å². The Hall–Kier alpha value is -3.42. The minimum atomic E-state index is -0.209. The lowest BCUT2D eigenvalue weighted by atomic mass is 10.0. The van der Waals surface area contributed by atoms with Crippen LogP contribution in [-0.4, -0.2) is 22.7 Å². The molecule has 3 aromatic rings. The van der Waals surface area contributed by atoms with Gasteiger partial charge >= 0.3 is 0 Å². The number of thioether (sulfide) groups is 1. The SMILES string of the molecule is O=C1NC(=S)SC1=Cc1ccc2c(c1)N(Cc1cccc(-c3ccccc3)c1)C(=O)CO2. The van der Waals surface area contributed by atoms with Gasteiger partial charge in [-0.1, -0.05) is 78.6 Å². The van der Waals surface area contributed by atoms with Crippen LogP contribution in [0.25, 0.3) is 17.2 Å². The maximum absolute atomic E-state index is 12.8. The third kappa shape index (κ3) is 4.17. The van der Waals surface area contributed by atoms with E-state index in [9.17, 15) is 9.59 Å². The van der Waals surface area contributed by atoms with Crippen molar-refractivity contribution in [3.63, 3.8) is 0 Å². The number of hydrogen-bond donors (Lipinski definition) is 1. The third-order valence-electron chi connectivity index (χ3n) is 5.24. The predicted octanol–water partition coefficient (Wildman–Crippen LogP) is 4.77. The van der Waals surface area contributed by atoms with Crippen LogP contribution in [0.3, 0.4) is 0 Å². The number of hydrogen-bond acceptors (Lipinski definition) is 5. The topological polar surface area (TPSA) is 58.6 Å². The summed E-state index contributed by atoms with van der Waals surface area (Å²) in [6.45, 7) is 0.424. The van der Waals surface area contributed by atoms with Gasteiger partial charge in [-0.2, -0.15) is 0 Å². The molecule has 0 aliphatic carbocycles. The minimum absolute atomic E-state index is 0.00165. The summed E-state index contributed by atoms with van der Waals surface area (Å²) in [6.07, 6.45) is 1.77. The van der Waals surface area contributed by atoms with E-state index in [0.29, 0.717) is 27.2 Å². The van der Waals surface area contributed by atoms with Crippen molar-refractivity contribution in [2.45, 2.75) is 6.54 Å². The molecule has 7 heteroatoms. The summed E-state index contributed by atoms with van der Waals surface area (Å²) in [5, 5.41) is 2.61. The summed E-state index contributed by atoms with van der Waals surface area (Å²) in [5.74, 6) is 0.325. The van der Waals surface area contributed by atoms with Gasteiger partial charge in [0.15, 0.2) is 6.61 Å². The molecule has 0 unspecified atom stereocenters. The fourth-order valence-electron chi connectivity index (χ4n) is 3.72. The number of anilines is 1. The molecule has 2 heterocycles. The second-order valence-electron chi connectivity index (χ2n) is 7.41. The van der Waals surface area contributed by atoms with Gasteiger partial charge in [0.25, 0.3) is 11.8 Å². The summed E-state index contributed by atoms with van der Waals surface area (Å²) in [4.78, 5) is 27.0. The third-order valence-corrected chi connectivity index (χ3v) is 6.40. The molecule has 0 radical (unpaired) electrons. The van der Waals surface area contributed by atoms with Crippen molar-refractivity contribution in [1.29, 1.82) is 0 Å². The highest BCUT2D eigenvalue weighted by atomic mass is 32.2. The van der Waals surface area contributed by atoms with E-state index >= 15 is 0 Å². The normalized spacial score (nSPS) is 16.7. The molecule has 0 atom stereocenters. The van der Waals surface area contributed by atoms with Gasteiger partial charge in [0.2, 0.25) is 0 Å². The Bertz CT molecular complexity index is 1270. The fraction of sp³-hybridized carbons (Fsp3) is 0.0800. The van der Waals surface area contributed by atoms with E-state index in [1.807, 2.05) is 48.5 Å². The number of carbonyl (C=O) groups is 2. The molecule has 0 bridgehead atoms. The number of benzene rings is 3. The Morgan fingerprint density at radius 3 is 2.59 bits per heavy atom. The molecule has 2 aliphatic rings. The van der Waals surface area contributed by atoms with Crippen LogP contribution in [0.4, 0.5) is 5.69 Å². The molecule has 158 valence electrons. The maximum Gasteiger partial charge on any atom is 0.265 e. The number of carbonyl (C=O) groups excluding carboxylic acids is 2. The van der Waals surface area contributed by atoms with Gasteiger partial charge in [0.05, 0.1) is 17.1 Å². The summed E-state index contributed by atoms with van der Waals surface area (Å²) >= 11 is 6.29. The van der Waals surface area contributed by atoms with Crippen molar-refractivity contribution in [2.75, 3.05) is 11.5 Å². The number of amides is 2. The molecule has 3 aromatic carbocycles. The zero-order chi connectivity index (χ0) is 22.1. The van der Waals surface area contributed by atoms with Crippen molar-refractivity contribution in [3.05, 3.63) is 88.8 Å². The first kappa shape index (κ1) is 20.5. The Balaban J connectivity index is 1.46. The van der Waals surface area contributed by atoms with Crippen LogP contribution in [0.5, 0.6) is 5.75 Å². The fourth-order valence-corrected chi connectivity index (χ4v) is 4.76. The lowest BCUT2D eigenvalue weighted by Gasteiger charge is -2.30. The average Bonchev–Trinajstić information content (AvgIpc) is 3.13. The van der Waals surface area contributed by atoms with E-state index in [0.717, 1.165) is 22.3 Å². The Morgan fingerprint density at radius 2 is 1.81 bits per heavy atom. The molecule has 0 saturated carbocycles. The highest BCUT2D eigenvalue weighted by Gasteiger charge is 2.27. The van der Waals surface area contributed by atoms with Crippen molar-refractivity contribution < 1.29 is 14.3 Å². The van der Waals surface area contributed by atoms with Crippen LogP contribution in [0.2, 0.25) is 0 Å². The molecule has 5 rings (SSSR count). The molecule has 1 saturated heterocycles. The molecular formula is C25H18N2O3S2. The van der Waals surface area contributed by atoms with Crippen LogP contribution >= 0.6 is 24.0 Å². The minimum Gasteiger partial charge on any atom is -0.482 e. The zero-order valence-corrected chi connectivity index (χ0v) is 18.5. The predicted molar refractivity (Wildman–Crippen MR) is 131 cm³/mol. The maximum atomic E-state index is 12.8. The Kier molecular flexibility index (Phi) is 5.51. The first-order valence-corrected chi connectivity index (χ1v) is 11.3. The number of ether oxygens (including phenoxy) is 1. The lowest BCUT2D eigenvalue weighted by Crippen LogP contribution is -2.38. The number of thiocarbonyl (C=S) groups is 1. The second-order valence-corrected chi connectivity index (χ2v) is 9.13. The van der Waals surface area contributed by atoms with E-state index in [4.69, 9.17) is 17.0 Å². The number of rotatable bonds is 4. The average molecular weight is 459 g/mol. The molecule has 1 N–H and O–H groups in total. The van der Waals surface area contributed by atoms with E-state index in [1.165, 1.54) is 11.8 Å². The van der Waals surface area contributed by atoms with Gasteiger partial charge in [-0.3, -0.25) is 9.59 Å². The summed E-state index contributed by atoms with van der Waals surface area (Å²) in [6, 6.07) is 23.9. The van der Waals surface area contributed by atoms with Crippen LogP contribution in [0.15, 0.2) is 77.7 Å². The van der Waals surface area contributed by atoms with E-state index in [2.05, 4.69) is 29.6 Å². The van der Waals surface area contributed by atoms with Crippen LogP contribution in [-0.2, 0) is 16.1 Å². The molecule has 0 spiro atoms. The Labute approximate surface area is 195 Å². The van der Waals surface area contributed by atoms with Crippen molar-refractivity contribution in [1.82, 2.24) is 5.32 Å². The largest absolute Gasteiger partial charge is 0.482 e. The van der Waals surface area contributed by atoms with Crippen LogP contribution < -0.4 is 15.0 Å². The molecular weight excluding hydrogens is 440 g/mol. The quantitative estimate of drug-likeness (QED) is 0.451. The van der Waals surface area contributed by atoms with Crippen molar-refractivity contribution in [2.24, 2.45) is 0 Å². The molecule has 32 heavy (non-hydrogen) atoms. The second kappa shape index (κ2) is 8.61. The highest BCUT2D eigenvalue weighted by Crippen LogP contribution is 2.36. The first-order chi connectivity index (χ1) is 15.6. The molecule has 5 nitrogen and oxygen atoms in total. The van der Waals surface area contributed by atoms with E-state index < -0.39 is 0 Å². The monoisotopic (exact) mass is 458 g/mol. The van der Waals surface area contributed by atoms with Crippen LogP contribution in [0, 0.1) is 0 Å². The summed E-state index contributed by atoms with van der Waals surface area (Å²) in [5.41, 5.74) is 4.73. The number of nitrogens with one attached hydrogen (secondary N) is 1. The van der Waals surface area contributed by atoms with Crippen molar-refractivity contribution in [3.8, 4) is 16.9 Å². The lowest BCUT2D eigenvalue weighted by molar-refractivity contribution is -0.121. The van der Waals surface area contributed by atoms with E-state index in [-0.39, 0.29) is 18.4 Å². The molecule has 0 aromatic heterocycles. The Morgan fingerprint density at radius 1 is 1.00 bits per heavy atom. The van der Waals surface area contributed by atoms with Crippen LogP contribution in [0.1, 0.15) is 11.1 Å². The van der Waals surface area contributed by atoms with Gasteiger partial charge < -0.3 is 15.0 Å². The number of nitrogens with zero attached hydrogens (tertiary/aromatic N) is 1. The smallest absolute Gasteiger partial charge is 0.265 e. The zero-order valence-electron chi connectivity index (χ0n) is 16.9. The van der Waals surface area contributed by atoms with Crippen molar-refractivity contribution >= 4 is 51.9 Å². The summed E-state index contributed by atoms with van der Waals surface area (Å²) < 4.78 is 6.08. The molecule has 2 amide bonds. The molecule has 2 aliphatic heterocycles. The van der Waals surface area contributed by atoms with Gasteiger partial charge in [-0.05, 0) is 46.5 Å². The van der Waals surface area contributed by atoms with Gasteiger partial charge in [0, 0.05) is 0 Å².